The Morgan fingerprint density at radius 2 is 1.65 bits per heavy atom. The van der Waals surface area contributed by atoms with Crippen molar-refractivity contribution >= 4 is 29.5 Å². The highest BCUT2D eigenvalue weighted by atomic mass is 16.6. The van der Waals surface area contributed by atoms with Crippen LogP contribution in [-0.4, -0.2) is 32.3 Å². The van der Waals surface area contributed by atoms with Gasteiger partial charge in [-0.3, -0.25) is 4.79 Å². The van der Waals surface area contributed by atoms with Crippen LogP contribution in [-0.2, 0) is 14.3 Å². The van der Waals surface area contributed by atoms with Gasteiger partial charge in [0.25, 0.3) is 0 Å². The van der Waals surface area contributed by atoms with Gasteiger partial charge in [0.2, 0.25) is 5.91 Å². The van der Waals surface area contributed by atoms with Gasteiger partial charge in [-0.05, 0) is 24.6 Å². The first-order valence-corrected chi connectivity index (χ1v) is 5.75. The van der Waals surface area contributed by atoms with Crippen LogP contribution in [0, 0.1) is 6.92 Å². The maximum Gasteiger partial charge on any atom is 0.423 e. The number of anilines is 2. The average molecular weight is 280 g/mol. The maximum absolute atomic E-state index is 11.7. The van der Waals surface area contributed by atoms with Crippen molar-refractivity contribution < 1.29 is 23.9 Å². The van der Waals surface area contributed by atoms with Crippen LogP contribution in [0.1, 0.15) is 12.5 Å². The lowest BCUT2D eigenvalue weighted by Crippen LogP contribution is -2.37. The van der Waals surface area contributed by atoms with Crippen LogP contribution >= 0.6 is 0 Å². The Kier molecular flexibility index (Phi) is 5.08. The van der Waals surface area contributed by atoms with Crippen LogP contribution in [0.5, 0.6) is 0 Å². The van der Waals surface area contributed by atoms with Crippen molar-refractivity contribution in [2.75, 3.05) is 24.4 Å². The second-order valence-electron chi connectivity index (χ2n) is 3.91. The lowest BCUT2D eigenvalue weighted by atomic mass is 10.1. The number of carbonyl (C=O) groups excluding carboxylic acids is 3. The minimum absolute atomic E-state index is 0.257. The van der Waals surface area contributed by atoms with Crippen molar-refractivity contribution in [2.45, 2.75) is 13.8 Å². The molecule has 0 aliphatic rings. The lowest BCUT2D eigenvalue weighted by molar-refractivity contribution is -0.114. The van der Waals surface area contributed by atoms with Crippen LogP contribution in [0.15, 0.2) is 18.2 Å². The summed E-state index contributed by atoms with van der Waals surface area (Å²) in [7, 11) is 2.32. The third-order valence-electron chi connectivity index (χ3n) is 2.57. The zero-order valence-corrected chi connectivity index (χ0v) is 11.7. The number of nitrogens with one attached hydrogen (secondary N) is 1. The molecule has 0 unspecified atom stereocenters. The Morgan fingerprint density at radius 3 is 2.10 bits per heavy atom. The Morgan fingerprint density at radius 1 is 1.10 bits per heavy atom. The minimum Gasteiger partial charge on any atom is -0.452 e. The Balaban J connectivity index is 3.30. The van der Waals surface area contributed by atoms with Crippen molar-refractivity contribution in [1.82, 2.24) is 0 Å². The fraction of sp³-hybridized carbons (Fsp3) is 0.308. The molecule has 108 valence electrons. The van der Waals surface area contributed by atoms with Crippen LogP contribution in [0.4, 0.5) is 21.0 Å². The summed E-state index contributed by atoms with van der Waals surface area (Å²) in [6, 6.07) is 4.81. The van der Waals surface area contributed by atoms with E-state index in [9.17, 15) is 14.4 Å². The number of carbonyl (C=O) groups is 3. The van der Waals surface area contributed by atoms with E-state index in [0.29, 0.717) is 11.3 Å². The molecule has 0 fully saturated rings. The molecule has 3 amide bonds. The standard InChI is InChI=1S/C13H16N2O5/c1-8-10(14-9(2)16)6-5-7-11(8)15(12(17)19-3)13(18)20-4/h5-7H,1-4H3,(H,14,16). The summed E-state index contributed by atoms with van der Waals surface area (Å²) in [5.41, 5.74) is 1.31. The van der Waals surface area contributed by atoms with Crippen molar-refractivity contribution in [3.05, 3.63) is 23.8 Å². The first-order valence-electron chi connectivity index (χ1n) is 5.75. The monoisotopic (exact) mass is 280 g/mol. The number of hydrogen-bond acceptors (Lipinski definition) is 5. The number of benzene rings is 1. The second-order valence-corrected chi connectivity index (χ2v) is 3.91. The number of amides is 3. The minimum atomic E-state index is -0.875. The quantitative estimate of drug-likeness (QED) is 0.898. The fourth-order valence-corrected chi connectivity index (χ4v) is 1.64. The SMILES string of the molecule is COC(=O)N(C(=O)OC)c1cccc(NC(C)=O)c1C. The highest BCUT2D eigenvalue weighted by Gasteiger charge is 2.27. The van der Waals surface area contributed by atoms with E-state index in [4.69, 9.17) is 0 Å². The van der Waals surface area contributed by atoms with E-state index >= 15 is 0 Å². The normalized spacial score (nSPS) is 9.60. The van der Waals surface area contributed by atoms with Crippen molar-refractivity contribution in [2.24, 2.45) is 0 Å². The molecule has 0 atom stereocenters. The molecule has 7 heteroatoms. The molecule has 0 aliphatic heterocycles. The molecule has 0 saturated carbocycles. The Labute approximate surface area is 116 Å². The molecule has 20 heavy (non-hydrogen) atoms. The summed E-state index contributed by atoms with van der Waals surface area (Å²) in [5, 5.41) is 2.61. The molecular weight excluding hydrogens is 264 g/mol. The molecule has 0 bridgehead atoms. The van der Waals surface area contributed by atoms with Crippen LogP contribution in [0.25, 0.3) is 0 Å². The van der Waals surface area contributed by atoms with E-state index < -0.39 is 12.2 Å². The van der Waals surface area contributed by atoms with E-state index in [0.717, 1.165) is 19.1 Å². The van der Waals surface area contributed by atoms with Crippen molar-refractivity contribution in [3.63, 3.8) is 0 Å². The first kappa shape index (κ1) is 15.5. The topological polar surface area (TPSA) is 84.9 Å². The Hall–Kier alpha value is -2.57. The van der Waals surface area contributed by atoms with Crippen molar-refractivity contribution in [1.29, 1.82) is 0 Å². The van der Waals surface area contributed by atoms with E-state index in [1.807, 2.05) is 0 Å². The fourth-order valence-electron chi connectivity index (χ4n) is 1.64. The summed E-state index contributed by atoms with van der Waals surface area (Å²) in [6.45, 7) is 3.03. The summed E-state index contributed by atoms with van der Waals surface area (Å²) < 4.78 is 9.13. The predicted molar refractivity (Wildman–Crippen MR) is 72.8 cm³/mol. The van der Waals surface area contributed by atoms with Crippen LogP contribution < -0.4 is 10.2 Å². The van der Waals surface area contributed by atoms with Crippen LogP contribution in [0.3, 0.4) is 0 Å². The summed E-state index contributed by atoms with van der Waals surface area (Å²) in [4.78, 5) is 35.3. The van der Waals surface area contributed by atoms with Gasteiger partial charge in [0.05, 0.1) is 19.9 Å². The van der Waals surface area contributed by atoms with Gasteiger partial charge < -0.3 is 14.8 Å². The third-order valence-corrected chi connectivity index (χ3v) is 2.57. The van der Waals surface area contributed by atoms with Gasteiger partial charge in [-0.1, -0.05) is 6.07 Å². The number of nitrogens with zero attached hydrogens (tertiary/aromatic N) is 1. The van der Waals surface area contributed by atoms with Gasteiger partial charge in [-0.15, -0.1) is 0 Å². The van der Waals surface area contributed by atoms with Gasteiger partial charge >= 0.3 is 12.2 Å². The van der Waals surface area contributed by atoms with E-state index in [2.05, 4.69) is 14.8 Å². The summed E-state index contributed by atoms with van der Waals surface area (Å²) in [5.74, 6) is -0.257. The zero-order valence-electron chi connectivity index (χ0n) is 11.7. The third kappa shape index (κ3) is 3.25. The van der Waals surface area contributed by atoms with Gasteiger partial charge in [0.1, 0.15) is 0 Å². The number of methoxy groups -OCH3 is 2. The largest absolute Gasteiger partial charge is 0.452 e. The molecule has 1 rings (SSSR count). The molecule has 7 nitrogen and oxygen atoms in total. The van der Waals surface area contributed by atoms with Crippen molar-refractivity contribution in [3.8, 4) is 0 Å². The highest BCUT2D eigenvalue weighted by Crippen LogP contribution is 2.27. The van der Waals surface area contributed by atoms with Gasteiger partial charge in [-0.2, -0.15) is 4.90 Å². The highest BCUT2D eigenvalue weighted by molar-refractivity contribution is 6.10. The Bertz CT molecular complexity index is 526. The smallest absolute Gasteiger partial charge is 0.423 e. The molecule has 1 N–H and O–H groups in total. The molecule has 0 saturated heterocycles. The van der Waals surface area contributed by atoms with E-state index in [-0.39, 0.29) is 11.6 Å². The summed E-state index contributed by atoms with van der Waals surface area (Å²) in [6.07, 6.45) is -1.75. The molecule has 0 spiro atoms. The first-order chi connectivity index (χ1) is 9.42. The molecule has 1 aromatic rings. The van der Waals surface area contributed by atoms with Gasteiger partial charge in [0.15, 0.2) is 0 Å². The number of ether oxygens (including phenoxy) is 2. The van der Waals surface area contributed by atoms with Gasteiger partial charge in [-0.25, -0.2) is 9.59 Å². The van der Waals surface area contributed by atoms with Gasteiger partial charge in [0, 0.05) is 12.6 Å². The molecule has 0 radical (unpaired) electrons. The molecule has 0 heterocycles. The number of rotatable bonds is 2. The molecule has 0 aliphatic carbocycles. The summed E-state index contributed by atoms with van der Waals surface area (Å²) >= 11 is 0. The molecule has 1 aromatic carbocycles. The predicted octanol–water partition coefficient (Wildman–Crippen LogP) is 2.29. The number of imide groups is 1. The van der Waals surface area contributed by atoms with Crippen LogP contribution in [0.2, 0.25) is 0 Å². The molecular formula is C13H16N2O5. The number of hydrogen-bond donors (Lipinski definition) is 1. The average Bonchev–Trinajstić information content (AvgIpc) is 2.42. The lowest BCUT2D eigenvalue weighted by Gasteiger charge is -2.21. The zero-order chi connectivity index (χ0) is 15.3. The second kappa shape index (κ2) is 6.55. The molecule has 0 aromatic heterocycles. The van der Waals surface area contributed by atoms with E-state index in [1.165, 1.54) is 6.92 Å². The maximum atomic E-state index is 11.7. The van der Waals surface area contributed by atoms with E-state index in [1.54, 1.807) is 25.1 Å².